The molecule has 11 nitrogen and oxygen atoms in total. The van der Waals surface area contributed by atoms with Crippen molar-refractivity contribution in [3.8, 4) is 16.9 Å². The molecule has 1 heterocycles. The molecule has 7 rings (SSSR count). The largest absolute Gasteiger partial charge is 0.496 e. The highest BCUT2D eigenvalue weighted by molar-refractivity contribution is 5.97. The summed E-state index contributed by atoms with van der Waals surface area (Å²) in [6.45, 7) is 8.73. The number of ether oxygens (including phenoxy) is 2. The Labute approximate surface area is 326 Å². The van der Waals surface area contributed by atoms with Gasteiger partial charge in [-0.25, -0.2) is 0 Å². The van der Waals surface area contributed by atoms with Gasteiger partial charge in [-0.05, 0) is 78.7 Å². The van der Waals surface area contributed by atoms with Crippen molar-refractivity contribution in [1.82, 2.24) is 15.7 Å². The zero-order valence-electron chi connectivity index (χ0n) is 33.6. The van der Waals surface area contributed by atoms with E-state index in [0.29, 0.717) is 42.1 Å². The highest BCUT2D eigenvalue weighted by Crippen LogP contribution is 2.61. The van der Waals surface area contributed by atoms with E-state index in [1.54, 1.807) is 26.2 Å². The summed E-state index contributed by atoms with van der Waals surface area (Å²) in [7, 11) is 7.10. The van der Waals surface area contributed by atoms with Crippen LogP contribution in [-0.4, -0.2) is 99.0 Å². The molecule has 3 aliphatic carbocycles. The van der Waals surface area contributed by atoms with Crippen molar-refractivity contribution in [3.05, 3.63) is 83.4 Å². The van der Waals surface area contributed by atoms with Crippen LogP contribution in [0.2, 0.25) is 0 Å². The first-order chi connectivity index (χ1) is 26.3. The topological polar surface area (TPSA) is 133 Å². The number of para-hydroxylation sites is 1. The van der Waals surface area contributed by atoms with Gasteiger partial charge in [-0.3, -0.25) is 14.4 Å². The number of anilines is 1. The molecular formula is C44H60N4O7. The van der Waals surface area contributed by atoms with Crippen molar-refractivity contribution >= 4 is 17.5 Å². The Bertz CT molecular complexity index is 1800. The zero-order chi connectivity index (χ0) is 39.6. The van der Waals surface area contributed by atoms with Crippen LogP contribution in [0.3, 0.4) is 0 Å². The van der Waals surface area contributed by atoms with Crippen LogP contribution in [0, 0.1) is 29.1 Å². The second-order valence-corrected chi connectivity index (χ2v) is 16.7. The molecule has 0 unspecified atom stereocenters. The number of hydrogen-bond donors (Lipinski definition) is 4. The Hall–Kier alpha value is -4.00. The molecule has 4 aliphatic rings. The summed E-state index contributed by atoms with van der Waals surface area (Å²) in [5.74, 6) is 0.943. The number of methoxy groups -OCH3 is 2. The summed E-state index contributed by atoms with van der Waals surface area (Å²) in [6, 6.07) is 20.5. The first-order valence-corrected chi connectivity index (χ1v) is 19.6. The van der Waals surface area contributed by atoms with Crippen LogP contribution in [0.25, 0.3) is 11.1 Å². The molecule has 0 aromatic heterocycles. The van der Waals surface area contributed by atoms with Crippen molar-refractivity contribution in [3.63, 3.8) is 0 Å². The van der Waals surface area contributed by atoms with Gasteiger partial charge >= 0.3 is 0 Å². The van der Waals surface area contributed by atoms with Crippen molar-refractivity contribution in [2.75, 3.05) is 46.4 Å². The molecule has 3 aromatic carbocycles. The van der Waals surface area contributed by atoms with E-state index in [0.717, 1.165) is 34.4 Å². The number of nitrogens with one attached hydrogen (secondary N) is 2. The number of hydrogen-bond acceptors (Lipinski definition) is 9. The maximum absolute atomic E-state index is 14.3. The van der Waals surface area contributed by atoms with E-state index in [2.05, 4.69) is 31.4 Å². The molecule has 2 bridgehead atoms. The standard InChI is InChI=1S/C44H60N4O7/c1-26-36-21-32(44(36,3)4)22-37(26)46-43(52)40-39(27(2)50)38(24-49)55-48(40)23-29-15-12-16-35(41(29)54-8)30-18-31(20-34(19-30)47(5)6)42(51)45-33(25-53-7)17-28-13-10-9-11-14-28/h9-16,18-20,26-27,32-33,36-40,49-50H,17,21-25H2,1-8H3,(H,45,51)(H,46,52)/t26-,27-,32-,33+,36+,37-,38-,39+,40-/m0/s1. The quantitative estimate of drug-likeness (QED) is 0.168. The molecule has 1 aliphatic heterocycles. The fourth-order valence-electron chi connectivity index (χ4n) is 9.51. The van der Waals surface area contributed by atoms with Crippen LogP contribution in [-0.2, 0) is 27.3 Å². The van der Waals surface area contributed by atoms with Gasteiger partial charge in [-0.2, -0.15) is 5.06 Å². The second-order valence-electron chi connectivity index (χ2n) is 16.7. The molecule has 4 fully saturated rings. The van der Waals surface area contributed by atoms with Gasteiger partial charge in [0.25, 0.3) is 5.91 Å². The molecule has 298 valence electrons. The minimum absolute atomic E-state index is 0.0327. The summed E-state index contributed by atoms with van der Waals surface area (Å²) in [4.78, 5) is 36.4. The van der Waals surface area contributed by atoms with Gasteiger partial charge in [0.2, 0.25) is 5.91 Å². The van der Waals surface area contributed by atoms with Crippen LogP contribution in [0.1, 0.15) is 62.0 Å². The number of nitrogens with zero attached hydrogens (tertiary/aromatic N) is 2. The Morgan fingerprint density at radius 3 is 2.42 bits per heavy atom. The number of carbonyl (C=O) groups excluding carboxylic acids is 2. The van der Waals surface area contributed by atoms with Crippen molar-refractivity contribution in [2.45, 2.75) is 83.8 Å². The van der Waals surface area contributed by atoms with Gasteiger partial charge < -0.3 is 35.2 Å². The minimum atomic E-state index is -0.906. The number of benzene rings is 3. The number of fused-ring (bicyclic) bond motifs is 2. The summed E-state index contributed by atoms with van der Waals surface area (Å²) in [6.07, 6.45) is 1.08. The lowest BCUT2D eigenvalue weighted by Crippen LogP contribution is -2.62. The van der Waals surface area contributed by atoms with Crippen LogP contribution in [0.15, 0.2) is 66.7 Å². The predicted octanol–water partition coefficient (Wildman–Crippen LogP) is 5.08. The highest BCUT2D eigenvalue weighted by Gasteiger charge is 2.57. The monoisotopic (exact) mass is 756 g/mol. The average Bonchev–Trinajstić information content (AvgIpc) is 3.54. The summed E-state index contributed by atoms with van der Waals surface area (Å²) < 4.78 is 11.6. The van der Waals surface area contributed by atoms with E-state index in [1.807, 2.05) is 85.7 Å². The van der Waals surface area contributed by atoms with Gasteiger partial charge in [-0.15, -0.1) is 0 Å². The van der Waals surface area contributed by atoms with Crippen molar-refractivity contribution < 1.29 is 34.1 Å². The van der Waals surface area contributed by atoms with E-state index < -0.39 is 24.2 Å². The fraction of sp³-hybridized carbons (Fsp3) is 0.545. The molecule has 3 aromatic rings. The third-order valence-electron chi connectivity index (χ3n) is 12.7. The molecule has 11 heteroatoms. The molecule has 3 saturated carbocycles. The van der Waals surface area contributed by atoms with Crippen LogP contribution in [0.5, 0.6) is 5.75 Å². The van der Waals surface area contributed by atoms with Gasteiger partial charge in [0.05, 0.1) is 39.0 Å². The number of aliphatic hydroxyl groups is 2. The highest BCUT2D eigenvalue weighted by atomic mass is 16.7. The zero-order valence-corrected chi connectivity index (χ0v) is 33.6. The van der Waals surface area contributed by atoms with Gasteiger partial charge in [0.15, 0.2) is 0 Å². The smallest absolute Gasteiger partial charge is 0.251 e. The molecule has 1 saturated heterocycles. The van der Waals surface area contributed by atoms with Crippen LogP contribution in [0.4, 0.5) is 5.69 Å². The van der Waals surface area contributed by atoms with Crippen molar-refractivity contribution in [1.29, 1.82) is 0 Å². The lowest BCUT2D eigenvalue weighted by Gasteiger charge is -2.62. The van der Waals surface area contributed by atoms with E-state index in [4.69, 9.17) is 14.3 Å². The number of rotatable bonds is 15. The van der Waals surface area contributed by atoms with E-state index in [1.165, 1.54) is 6.42 Å². The SMILES string of the molecule is COC[C@@H](Cc1ccccc1)NC(=O)c1cc(-c2cccc(CN3O[C@@H](CO)[C@@H]([C@H](C)O)[C@H]3C(=O)N[C@H]3C[C@@H]4C[C@H]([C@@H]3C)C4(C)C)c2OC)cc(N(C)C)c1. The molecular weight excluding hydrogens is 697 g/mol. The van der Waals surface area contributed by atoms with E-state index >= 15 is 0 Å². The summed E-state index contributed by atoms with van der Waals surface area (Å²) in [5, 5.41) is 29.5. The lowest BCUT2D eigenvalue weighted by atomic mass is 9.45. The lowest BCUT2D eigenvalue weighted by molar-refractivity contribution is -0.183. The third-order valence-corrected chi connectivity index (χ3v) is 12.7. The summed E-state index contributed by atoms with van der Waals surface area (Å²) in [5.41, 5.74) is 5.00. The third kappa shape index (κ3) is 8.42. The molecule has 55 heavy (non-hydrogen) atoms. The molecule has 0 spiro atoms. The van der Waals surface area contributed by atoms with Crippen molar-refractivity contribution in [2.24, 2.45) is 29.1 Å². The Kier molecular flexibility index (Phi) is 12.6. The van der Waals surface area contributed by atoms with Gasteiger partial charge in [-0.1, -0.05) is 69.3 Å². The number of aliphatic hydroxyl groups excluding tert-OH is 2. The van der Waals surface area contributed by atoms with Crippen LogP contribution >= 0.6 is 0 Å². The Morgan fingerprint density at radius 2 is 1.80 bits per heavy atom. The van der Waals surface area contributed by atoms with Gasteiger partial charge in [0, 0.05) is 55.5 Å². The number of carbonyl (C=O) groups is 2. The molecule has 0 radical (unpaired) electrons. The number of hydroxylamine groups is 2. The Morgan fingerprint density at radius 1 is 1.05 bits per heavy atom. The predicted molar refractivity (Wildman–Crippen MR) is 214 cm³/mol. The first-order valence-electron chi connectivity index (χ1n) is 19.6. The normalized spacial score (nSPS) is 26.8. The first kappa shape index (κ1) is 40.7. The Balaban J connectivity index is 1.28. The second kappa shape index (κ2) is 17.0. The van der Waals surface area contributed by atoms with Crippen LogP contribution < -0.4 is 20.3 Å². The number of amides is 2. The maximum atomic E-state index is 14.3. The molecule has 4 N–H and O–H groups in total. The fourth-order valence-corrected chi connectivity index (χ4v) is 9.51. The minimum Gasteiger partial charge on any atom is -0.496 e. The summed E-state index contributed by atoms with van der Waals surface area (Å²) >= 11 is 0. The van der Waals surface area contributed by atoms with Gasteiger partial charge in [0.1, 0.15) is 17.9 Å². The molecule has 9 atom stereocenters. The van der Waals surface area contributed by atoms with E-state index in [-0.39, 0.29) is 42.5 Å². The van der Waals surface area contributed by atoms with E-state index in [9.17, 15) is 19.8 Å². The molecule has 2 amide bonds. The average molecular weight is 757 g/mol. The maximum Gasteiger partial charge on any atom is 0.251 e.